The van der Waals surface area contributed by atoms with Crippen LogP contribution >= 0.6 is 0 Å². The molecule has 41 heavy (non-hydrogen) atoms. The zero-order valence-corrected chi connectivity index (χ0v) is 22.1. The molecule has 0 fully saturated rings. The van der Waals surface area contributed by atoms with Gasteiger partial charge in [0, 0.05) is 18.3 Å². The molecule has 3 aromatic rings. The largest absolute Gasteiger partial charge is 0.491 e. The predicted octanol–water partition coefficient (Wildman–Crippen LogP) is 5.07. The van der Waals surface area contributed by atoms with E-state index in [1.807, 2.05) is 0 Å². The van der Waals surface area contributed by atoms with Gasteiger partial charge in [0.05, 0.1) is 16.8 Å². The van der Waals surface area contributed by atoms with Crippen LogP contribution in [0.5, 0.6) is 5.75 Å². The number of carbonyl (C=O) groups excluding carboxylic acids is 3. The van der Waals surface area contributed by atoms with E-state index in [4.69, 9.17) is 4.74 Å². The molecule has 2 heterocycles. The molecular formula is C26H26F6N4O5. The number of halogens is 6. The van der Waals surface area contributed by atoms with Crippen molar-refractivity contribution >= 4 is 23.6 Å². The van der Waals surface area contributed by atoms with Crippen LogP contribution in [0.15, 0.2) is 30.5 Å². The van der Waals surface area contributed by atoms with Crippen LogP contribution in [-0.4, -0.2) is 45.6 Å². The summed E-state index contributed by atoms with van der Waals surface area (Å²) in [5.41, 5.74) is -1.49. The molecular weight excluding hydrogens is 562 g/mol. The first-order valence-electron chi connectivity index (χ1n) is 12.2. The van der Waals surface area contributed by atoms with E-state index in [1.54, 1.807) is 6.92 Å². The summed E-state index contributed by atoms with van der Waals surface area (Å²) in [5.74, 6) is -5.20. The molecule has 0 radical (unpaired) electrons. The van der Waals surface area contributed by atoms with Gasteiger partial charge in [-0.15, -0.1) is 0 Å². The molecule has 0 aliphatic carbocycles. The van der Waals surface area contributed by atoms with Crippen LogP contribution in [0.25, 0.3) is 5.65 Å². The third kappa shape index (κ3) is 7.46. The SMILES string of the molecule is CCCC(C)(CNC(=O)c1c(C)nc2c(OCc3c(F)cccc3F)cc(CF)cn12)NC(=O)OC(=O)C(F)(F)F. The van der Waals surface area contributed by atoms with Gasteiger partial charge in [-0.05, 0) is 38.5 Å². The third-order valence-corrected chi connectivity index (χ3v) is 5.98. The van der Waals surface area contributed by atoms with Gasteiger partial charge in [-0.1, -0.05) is 19.4 Å². The number of benzene rings is 1. The Morgan fingerprint density at radius 2 is 1.78 bits per heavy atom. The maximum atomic E-state index is 14.1. The quantitative estimate of drug-likeness (QED) is 0.194. The first-order chi connectivity index (χ1) is 19.2. The molecule has 0 aliphatic heterocycles. The number of imidazole rings is 1. The lowest BCUT2D eigenvalue weighted by atomic mass is 9.96. The summed E-state index contributed by atoms with van der Waals surface area (Å²) in [5, 5.41) is 4.72. The summed E-state index contributed by atoms with van der Waals surface area (Å²) in [6.45, 7) is 2.78. The lowest BCUT2D eigenvalue weighted by Gasteiger charge is -2.30. The van der Waals surface area contributed by atoms with Gasteiger partial charge < -0.3 is 20.1 Å². The maximum Gasteiger partial charge on any atom is 0.491 e. The second kappa shape index (κ2) is 12.5. The average molecular weight is 589 g/mol. The number of aromatic nitrogens is 2. The molecule has 2 N–H and O–H groups in total. The number of carbonyl (C=O) groups is 3. The lowest BCUT2D eigenvalue weighted by Crippen LogP contribution is -2.54. The fourth-order valence-electron chi connectivity index (χ4n) is 4.07. The maximum absolute atomic E-state index is 14.1. The summed E-state index contributed by atoms with van der Waals surface area (Å²) in [4.78, 5) is 40.4. The molecule has 3 rings (SSSR count). The van der Waals surface area contributed by atoms with E-state index in [0.29, 0.717) is 6.42 Å². The standard InChI is InChI=1S/C26H26F6N4O5/c1-4-8-25(3,35-24(39)41-23(38)26(30,31)32)13-33-22(37)20-14(2)34-21-19(9-15(10-27)11-36(20)21)40-12-16-17(28)6-5-7-18(16)29/h5-7,9,11H,4,8,10,12-13H2,1-3H3,(H,33,37)(H,35,39). The van der Waals surface area contributed by atoms with Gasteiger partial charge in [-0.2, -0.15) is 13.2 Å². The highest BCUT2D eigenvalue weighted by Gasteiger charge is 2.43. The van der Waals surface area contributed by atoms with Crippen molar-refractivity contribution in [2.75, 3.05) is 6.54 Å². The highest BCUT2D eigenvalue weighted by Crippen LogP contribution is 2.27. The molecule has 0 bridgehead atoms. The Hall–Kier alpha value is -4.30. The van der Waals surface area contributed by atoms with E-state index in [1.165, 1.54) is 36.6 Å². The van der Waals surface area contributed by atoms with Crippen LogP contribution in [0.4, 0.5) is 31.1 Å². The van der Waals surface area contributed by atoms with Crippen molar-refractivity contribution in [1.29, 1.82) is 0 Å². The number of esters is 1. The molecule has 0 saturated heterocycles. The van der Waals surface area contributed by atoms with E-state index < -0.39 is 54.6 Å². The number of hydrogen-bond donors (Lipinski definition) is 2. The summed E-state index contributed by atoms with van der Waals surface area (Å²) >= 11 is 0. The van der Waals surface area contributed by atoms with Gasteiger partial charge in [0.15, 0.2) is 11.4 Å². The Bertz CT molecular complexity index is 1440. The Labute approximate surface area is 229 Å². The molecule has 0 aliphatic rings. The zero-order valence-electron chi connectivity index (χ0n) is 22.1. The van der Waals surface area contributed by atoms with E-state index in [-0.39, 0.29) is 46.9 Å². The first-order valence-corrected chi connectivity index (χ1v) is 12.2. The Morgan fingerprint density at radius 1 is 1.12 bits per heavy atom. The number of ether oxygens (including phenoxy) is 2. The molecule has 1 aromatic carbocycles. The number of fused-ring (bicyclic) bond motifs is 1. The van der Waals surface area contributed by atoms with Crippen molar-refractivity contribution in [3.05, 3.63) is 64.6 Å². The molecule has 15 heteroatoms. The minimum Gasteiger partial charge on any atom is -0.485 e. The van der Waals surface area contributed by atoms with E-state index >= 15 is 0 Å². The Balaban J connectivity index is 1.84. The molecule has 222 valence electrons. The molecule has 1 unspecified atom stereocenters. The normalized spacial score (nSPS) is 13.0. The highest BCUT2D eigenvalue weighted by molar-refractivity contribution is 5.95. The molecule has 2 aromatic heterocycles. The van der Waals surface area contributed by atoms with Crippen molar-refractivity contribution in [1.82, 2.24) is 20.0 Å². The number of pyridine rings is 1. The number of amides is 2. The van der Waals surface area contributed by atoms with Gasteiger partial charge in [-0.3, -0.25) is 9.20 Å². The van der Waals surface area contributed by atoms with Crippen LogP contribution in [0.1, 0.15) is 54.0 Å². The smallest absolute Gasteiger partial charge is 0.485 e. The number of aryl methyl sites for hydroxylation is 1. The molecule has 1 atom stereocenters. The van der Waals surface area contributed by atoms with Crippen LogP contribution in [0.2, 0.25) is 0 Å². The van der Waals surface area contributed by atoms with Gasteiger partial charge in [0.25, 0.3) is 5.91 Å². The summed E-state index contributed by atoms with van der Waals surface area (Å²) < 4.78 is 89.7. The van der Waals surface area contributed by atoms with Gasteiger partial charge in [0.1, 0.15) is 30.6 Å². The van der Waals surface area contributed by atoms with Crippen molar-refractivity contribution < 1.29 is 50.2 Å². The van der Waals surface area contributed by atoms with Crippen LogP contribution in [0.3, 0.4) is 0 Å². The Morgan fingerprint density at radius 3 is 2.37 bits per heavy atom. The van der Waals surface area contributed by atoms with Gasteiger partial charge in [-0.25, -0.2) is 27.7 Å². The summed E-state index contributed by atoms with van der Waals surface area (Å²) in [7, 11) is 0. The summed E-state index contributed by atoms with van der Waals surface area (Å²) in [6, 6.07) is 4.56. The summed E-state index contributed by atoms with van der Waals surface area (Å²) in [6.07, 6.45) is -5.14. The minimum absolute atomic E-state index is 0.0466. The number of alkyl halides is 4. The molecule has 9 nitrogen and oxygen atoms in total. The highest BCUT2D eigenvalue weighted by atomic mass is 19.4. The lowest BCUT2D eigenvalue weighted by molar-refractivity contribution is -0.193. The third-order valence-electron chi connectivity index (χ3n) is 5.98. The number of alkyl carbamates (subject to hydrolysis) is 1. The predicted molar refractivity (Wildman–Crippen MR) is 132 cm³/mol. The number of hydrogen-bond acceptors (Lipinski definition) is 6. The van der Waals surface area contributed by atoms with Crippen molar-refractivity contribution in [3.8, 4) is 5.75 Å². The van der Waals surface area contributed by atoms with Crippen molar-refractivity contribution in [2.24, 2.45) is 0 Å². The average Bonchev–Trinajstić information content (AvgIpc) is 3.22. The van der Waals surface area contributed by atoms with Gasteiger partial charge >= 0.3 is 18.2 Å². The van der Waals surface area contributed by atoms with E-state index in [9.17, 15) is 40.7 Å². The van der Waals surface area contributed by atoms with E-state index in [0.717, 1.165) is 12.1 Å². The van der Waals surface area contributed by atoms with Crippen LogP contribution in [-0.2, 0) is 22.8 Å². The van der Waals surface area contributed by atoms with Crippen LogP contribution < -0.4 is 15.4 Å². The van der Waals surface area contributed by atoms with Crippen molar-refractivity contribution in [2.45, 2.75) is 58.6 Å². The molecule has 0 spiro atoms. The zero-order chi connectivity index (χ0) is 30.5. The monoisotopic (exact) mass is 588 g/mol. The van der Waals surface area contributed by atoms with Crippen LogP contribution in [0, 0.1) is 18.6 Å². The number of nitrogens with one attached hydrogen (secondary N) is 2. The van der Waals surface area contributed by atoms with Crippen molar-refractivity contribution in [3.63, 3.8) is 0 Å². The topological polar surface area (TPSA) is 111 Å². The number of rotatable bonds is 10. The minimum atomic E-state index is -5.38. The second-order valence-corrected chi connectivity index (χ2v) is 9.37. The Kier molecular flexibility index (Phi) is 9.50. The number of nitrogens with zero attached hydrogens (tertiary/aromatic N) is 2. The molecule has 2 amide bonds. The van der Waals surface area contributed by atoms with E-state index in [2.05, 4.69) is 20.4 Å². The fraction of sp³-hybridized carbons (Fsp3) is 0.385. The van der Waals surface area contributed by atoms with Gasteiger partial charge in [0.2, 0.25) is 0 Å². The first kappa shape index (κ1) is 31.2. The molecule has 0 saturated carbocycles. The fourth-order valence-corrected chi connectivity index (χ4v) is 4.07. The second-order valence-electron chi connectivity index (χ2n) is 9.37.